The number of aromatic nitrogens is 2. The van der Waals surface area contributed by atoms with Crippen molar-refractivity contribution in [2.75, 3.05) is 13.2 Å². The Balaban J connectivity index is 1.62. The van der Waals surface area contributed by atoms with E-state index in [4.69, 9.17) is 4.52 Å². The molecule has 0 spiro atoms. The van der Waals surface area contributed by atoms with Crippen molar-refractivity contribution in [1.82, 2.24) is 15.0 Å². The fraction of sp³-hybridized carbons (Fsp3) is 0.348. The van der Waals surface area contributed by atoms with Crippen LogP contribution in [-0.2, 0) is 4.79 Å². The average molecular weight is 461 g/mol. The fourth-order valence-electron chi connectivity index (χ4n) is 4.47. The molecule has 1 aromatic carbocycles. The van der Waals surface area contributed by atoms with Gasteiger partial charge in [-0.1, -0.05) is 23.9 Å². The Morgan fingerprint density at radius 2 is 2.06 bits per heavy atom. The number of hydrogen-bond donors (Lipinski definition) is 1. The van der Waals surface area contributed by atoms with Gasteiger partial charge in [0, 0.05) is 24.1 Å². The van der Waals surface area contributed by atoms with Gasteiger partial charge in [-0.15, -0.1) is 13.2 Å². The lowest BCUT2D eigenvalue weighted by Gasteiger charge is -2.24. The molecule has 174 valence electrons. The van der Waals surface area contributed by atoms with E-state index < -0.39 is 6.36 Å². The number of allylic oxidation sites excluding steroid dienone is 3. The van der Waals surface area contributed by atoms with Crippen molar-refractivity contribution in [2.45, 2.75) is 32.2 Å². The Morgan fingerprint density at radius 3 is 2.70 bits per heavy atom. The Labute approximate surface area is 187 Å². The van der Waals surface area contributed by atoms with Crippen LogP contribution in [0.25, 0.3) is 17.0 Å². The molecule has 1 aromatic heterocycles. The van der Waals surface area contributed by atoms with Gasteiger partial charge in [0.2, 0.25) is 11.7 Å². The molecule has 2 aliphatic rings. The summed E-state index contributed by atoms with van der Waals surface area (Å²) in [4.78, 5) is 18.4. The van der Waals surface area contributed by atoms with Crippen LogP contribution in [0.5, 0.6) is 5.75 Å². The van der Waals surface area contributed by atoms with Crippen molar-refractivity contribution in [3.63, 3.8) is 0 Å². The standard InChI is InChI=1S/C23H22F3N3O4/c1-3-4-17(18-11-15-12-19(31)29(9-10-30)20(15)13(18)2)21-27-22(33-28-21)14-5-7-16(8-6-14)32-23(24,25)26/h3-8,15,20,30H,2,9-12H2,1H3/b4-3-,18-17+/t15-,20-/m0/s1. The largest absolute Gasteiger partial charge is 0.573 e. The lowest BCUT2D eigenvalue weighted by Crippen LogP contribution is -2.36. The van der Waals surface area contributed by atoms with E-state index in [1.165, 1.54) is 24.3 Å². The molecule has 1 N–H and O–H groups in total. The van der Waals surface area contributed by atoms with Crippen LogP contribution in [0.1, 0.15) is 25.6 Å². The van der Waals surface area contributed by atoms with Crippen LogP contribution in [0.3, 0.4) is 0 Å². The SMILES string of the molecule is C=C1/C(=C(\C=C/C)c2noc(-c3ccc(OC(F)(F)F)cc3)n2)C[C@H]2CC(=O)N(CCO)[C@@H]12. The number of aliphatic hydroxyl groups is 1. The molecule has 7 nitrogen and oxygen atoms in total. The van der Waals surface area contributed by atoms with Gasteiger partial charge in [0.1, 0.15) is 5.75 Å². The predicted octanol–water partition coefficient (Wildman–Crippen LogP) is 4.13. The number of likely N-dealkylation sites (tertiary alicyclic amines) is 1. The molecule has 1 saturated heterocycles. The monoisotopic (exact) mass is 461 g/mol. The third-order valence-electron chi connectivity index (χ3n) is 5.75. The summed E-state index contributed by atoms with van der Waals surface area (Å²) in [6.07, 6.45) is -0.0925. The van der Waals surface area contributed by atoms with Gasteiger partial charge in [-0.3, -0.25) is 4.79 Å². The first-order valence-electron chi connectivity index (χ1n) is 10.4. The zero-order chi connectivity index (χ0) is 23.8. The van der Waals surface area contributed by atoms with Crippen molar-refractivity contribution < 1.29 is 32.3 Å². The minimum Gasteiger partial charge on any atom is -0.406 e. The maximum Gasteiger partial charge on any atom is 0.573 e. The van der Waals surface area contributed by atoms with Crippen LogP contribution in [0.2, 0.25) is 0 Å². The Bertz CT molecular complexity index is 1120. The average Bonchev–Trinajstić information content (AvgIpc) is 3.43. The molecule has 1 aliphatic heterocycles. The van der Waals surface area contributed by atoms with Crippen LogP contribution in [0.15, 0.2) is 58.7 Å². The Morgan fingerprint density at radius 1 is 1.33 bits per heavy atom. The van der Waals surface area contributed by atoms with Crippen LogP contribution in [0, 0.1) is 5.92 Å². The molecule has 1 aliphatic carbocycles. The fourth-order valence-corrected chi connectivity index (χ4v) is 4.47. The van der Waals surface area contributed by atoms with Crippen molar-refractivity contribution in [3.8, 4) is 17.2 Å². The molecular weight excluding hydrogens is 439 g/mol. The second-order valence-electron chi connectivity index (χ2n) is 7.84. The van der Waals surface area contributed by atoms with E-state index in [2.05, 4.69) is 21.5 Å². The Kier molecular flexibility index (Phi) is 6.11. The minimum atomic E-state index is -4.77. The summed E-state index contributed by atoms with van der Waals surface area (Å²) in [5, 5.41) is 13.4. The maximum absolute atomic E-state index is 12.4. The van der Waals surface area contributed by atoms with Crippen LogP contribution in [0.4, 0.5) is 13.2 Å². The lowest BCUT2D eigenvalue weighted by atomic mass is 10.0. The Hall–Kier alpha value is -3.40. The minimum absolute atomic E-state index is 0.00614. The number of alkyl halides is 3. The highest BCUT2D eigenvalue weighted by atomic mass is 19.4. The van der Waals surface area contributed by atoms with E-state index in [0.717, 1.165) is 11.1 Å². The number of β-amino-alcohol motifs (C(OH)–C–C–N with tert-alkyl or cyclic N) is 1. The molecule has 4 rings (SSSR count). The van der Waals surface area contributed by atoms with Crippen molar-refractivity contribution in [2.24, 2.45) is 5.92 Å². The van der Waals surface area contributed by atoms with Gasteiger partial charge in [-0.2, -0.15) is 4.98 Å². The smallest absolute Gasteiger partial charge is 0.406 e. The molecule has 2 fully saturated rings. The van der Waals surface area contributed by atoms with E-state index >= 15 is 0 Å². The molecule has 1 saturated carbocycles. The number of hydrogen-bond acceptors (Lipinski definition) is 6. The molecule has 33 heavy (non-hydrogen) atoms. The topological polar surface area (TPSA) is 88.7 Å². The summed E-state index contributed by atoms with van der Waals surface area (Å²) in [7, 11) is 0. The highest BCUT2D eigenvalue weighted by Gasteiger charge is 2.47. The molecule has 0 bridgehead atoms. The first-order valence-corrected chi connectivity index (χ1v) is 10.4. The number of fused-ring (bicyclic) bond motifs is 1. The number of aliphatic hydroxyl groups excluding tert-OH is 1. The van der Waals surface area contributed by atoms with Gasteiger partial charge in [0.25, 0.3) is 5.89 Å². The lowest BCUT2D eigenvalue weighted by molar-refractivity contribution is -0.274. The quantitative estimate of drug-likeness (QED) is 0.696. The van der Waals surface area contributed by atoms with Crippen LogP contribution in [-0.4, -0.2) is 51.6 Å². The molecule has 2 aromatic rings. The van der Waals surface area contributed by atoms with Gasteiger partial charge in [0.05, 0.1) is 12.6 Å². The normalized spacial score (nSPS) is 22.4. The van der Waals surface area contributed by atoms with Crippen molar-refractivity contribution in [1.29, 1.82) is 0 Å². The highest BCUT2D eigenvalue weighted by molar-refractivity contribution is 5.84. The predicted molar refractivity (Wildman–Crippen MR) is 113 cm³/mol. The summed E-state index contributed by atoms with van der Waals surface area (Å²) in [5.41, 5.74) is 2.85. The van der Waals surface area contributed by atoms with Gasteiger partial charge < -0.3 is 19.3 Å². The highest BCUT2D eigenvalue weighted by Crippen LogP contribution is 2.47. The number of halogens is 3. The second-order valence-corrected chi connectivity index (χ2v) is 7.84. The van der Waals surface area contributed by atoms with Gasteiger partial charge in [-0.05, 0) is 54.7 Å². The molecule has 2 heterocycles. The molecule has 0 radical (unpaired) electrons. The number of nitrogens with zero attached hydrogens (tertiary/aromatic N) is 3. The molecular formula is C23H22F3N3O4. The van der Waals surface area contributed by atoms with Gasteiger partial charge in [0.15, 0.2) is 0 Å². The van der Waals surface area contributed by atoms with E-state index in [9.17, 15) is 23.1 Å². The summed E-state index contributed by atoms with van der Waals surface area (Å²) < 4.78 is 46.3. The maximum atomic E-state index is 12.4. The van der Waals surface area contributed by atoms with Crippen LogP contribution >= 0.6 is 0 Å². The number of carbonyl (C=O) groups is 1. The first-order chi connectivity index (χ1) is 15.7. The van der Waals surface area contributed by atoms with Gasteiger partial charge in [-0.25, -0.2) is 0 Å². The van der Waals surface area contributed by atoms with Crippen molar-refractivity contribution >= 4 is 11.5 Å². The van der Waals surface area contributed by atoms with E-state index in [1.807, 2.05) is 19.1 Å². The van der Waals surface area contributed by atoms with Gasteiger partial charge >= 0.3 is 6.36 Å². The number of ether oxygens (including phenoxy) is 1. The molecule has 0 unspecified atom stereocenters. The first kappa shape index (κ1) is 22.8. The zero-order valence-electron chi connectivity index (χ0n) is 17.8. The summed E-state index contributed by atoms with van der Waals surface area (Å²) >= 11 is 0. The van der Waals surface area contributed by atoms with Crippen LogP contribution < -0.4 is 4.74 Å². The number of amides is 1. The van der Waals surface area contributed by atoms with E-state index in [-0.39, 0.29) is 42.7 Å². The zero-order valence-corrected chi connectivity index (χ0v) is 17.8. The third-order valence-corrected chi connectivity index (χ3v) is 5.75. The summed E-state index contributed by atoms with van der Waals surface area (Å²) in [6.45, 7) is 6.20. The third kappa shape index (κ3) is 4.56. The van der Waals surface area contributed by atoms with E-state index in [0.29, 0.717) is 29.8 Å². The summed E-state index contributed by atoms with van der Waals surface area (Å²) in [5.74, 6) is 0.186. The van der Waals surface area contributed by atoms with E-state index in [1.54, 1.807) is 4.90 Å². The van der Waals surface area contributed by atoms with Crippen molar-refractivity contribution in [3.05, 3.63) is 60.0 Å². The number of benzene rings is 1. The number of rotatable bonds is 6. The molecule has 1 amide bonds. The molecule has 2 atom stereocenters. The summed E-state index contributed by atoms with van der Waals surface area (Å²) in [6, 6.07) is 4.97. The number of carbonyl (C=O) groups excluding carboxylic acids is 1. The molecule has 10 heteroatoms. The second kappa shape index (κ2) is 8.86.